The number of hydrogen-bond acceptors (Lipinski definition) is 2. The van der Waals surface area contributed by atoms with Gasteiger partial charge in [-0.3, -0.25) is 0 Å². The van der Waals surface area contributed by atoms with E-state index in [9.17, 15) is 13.2 Å². The van der Waals surface area contributed by atoms with E-state index < -0.39 is 11.7 Å². The quantitative estimate of drug-likeness (QED) is 0.757. The summed E-state index contributed by atoms with van der Waals surface area (Å²) in [7, 11) is 0. The van der Waals surface area contributed by atoms with Crippen LogP contribution in [0.3, 0.4) is 0 Å². The Bertz CT molecular complexity index is 442. The minimum Gasteiger partial charge on any atom is -0.493 e. The van der Waals surface area contributed by atoms with Crippen molar-refractivity contribution in [2.75, 3.05) is 6.61 Å². The first-order chi connectivity index (χ1) is 9.70. The highest BCUT2D eigenvalue weighted by Gasteiger charge is 2.34. The van der Waals surface area contributed by atoms with Crippen LogP contribution in [0.5, 0.6) is 5.75 Å². The van der Waals surface area contributed by atoms with Crippen molar-refractivity contribution in [3.05, 3.63) is 29.3 Å². The lowest BCUT2D eigenvalue weighted by Crippen LogP contribution is -2.18. The summed E-state index contributed by atoms with van der Waals surface area (Å²) in [6.45, 7) is 6.21. The maximum absolute atomic E-state index is 13.1. The molecule has 1 atom stereocenters. The summed E-state index contributed by atoms with van der Waals surface area (Å²) in [5, 5.41) is 0. The highest BCUT2D eigenvalue weighted by atomic mass is 19.4. The van der Waals surface area contributed by atoms with E-state index in [1.54, 1.807) is 13.0 Å². The molecule has 0 aliphatic heterocycles. The van der Waals surface area contributed by atoms with E-state index in [0.717, 1.165) is 18.9 Å². The Labute approximate surface area is 124 Å². The third kappa shape index (κ3) is 6.38. The predicted octanol–water partition coefficient (Wildman–Crippen LogP) is 4.41. The lowest BCUT2D eigenvalue weighted by molar-refractivity contribution is -0.139. The average Bonchev–Trinajstić information content (AvgIpc) is 2.33. The number of benzene rings is 1. The second-order valence-electron chi connectivity index (χ2n) is 5.89. The molecule has 120 valence electrons. The summed E-state index contributed by atoms with van der Waals surface area (Å²) >= 11 is 0. The first-order valence-corrected chi connectivity index (χ1v) is 7.28. The predicted molar refractivity (Wildman–Crippen MR) is 78.4 cm³/mol. The Morgan fingerprint density at radius 3 is 2.38 bits per heavy atom. The van der Waals surface area contributed by atoms with E-state index in [1.807, 2.05) is 0 Å². The monoisotopic (exact) mass is 303 g/mol. The molecule has 1 unspecified atom stereocenters. The van der Waals surface area contributed by atoms with Crippen molar-refractivity contribution in [3.63, 3.8) is 0 Å². The molecule has 21 heavy (non-hydrogen) atoms. The second kappa shape index (κ2) is 7.69. The van der Waals surface area contributed by atoms with Gasteiger partial charge in [0.15, 0.2) is 0 Å². The van der Waals surface area contributed by atoms with Gasteiger partial charge in [0.05, 0.1) is 12.2 Å². The molecule has 0 amide bonds. The van der Waals surface area contributed by atoms with Gasteiger partial charge in [-0.25, -0.2) is 0 Å². The van der Waals surface area contributed by atoms with Gasteiger partial charge in [-0.2, -0.15) is 13.2 Å². The summed E-state index contributed by atoms with van der Waals surface area (Å²) in [5.41, 5.74) is 5.49. The second-order valence-corrected chi connectivity index (χ2v) is 5.89. The van der Waals surface area contributed by atoms with Gasteiger partial charge in [-0.1, -0.05) is 19.9 Å². The third-order valence-electron chi connectivity index (χ3n) is 3.09. The van der Waals surface area contributed by atoms with Crippen LogP contribution in [-0.4, -0.2) is 12.6 Å². The summed E-state index contributed by atoms with van der Waals surface area (Å²) in [4.78, 5) is 0. The zero-order valence-corrected chi connectivity index (χ0v) is 12.8. The first-order valence-electron chi connectivity index (χ1n) is 7.28. The Hall–Kier alpha value is -1.23. The molecule has 1 aromatic carbocycles. The molecule has 2 N–H and O–H groups in total. The fourth-order valence-electron chi connectivity index (χ4n) is 2.10. The Balaban J connectivity index is 2.82. The molecule has 0 radical (unpaired) electrons. The summed E-state index contributed by atoms with van der Waals surface area (Å²) < 4.78 is 44.6. The lowest BCUT2D eigenvalue weighted by atomic mass is 10.0. The van der Waals surface area contributed by atoms with E-state index in [2.05, 4.69) is 13.8 Å². The molecule has 0 bridgehead atoms. The molecule has 0 fully saturated rings. The minimum absolute atomic E-state index is 0.0975. The van der Waals surface area contributed by atoms with Gasteiger partial charge in [0.1, 0.15) is 5.75 Å². The van der Waals surface area contributed by atoms with Crippen molar-refractivity contribution in [1.29, 1.82) is 0 Å². The number of alkyl halides is 3. The van der Waals surface area contributed by atoms with Gasteiger partial charge in [-0.05, 0) is 49.8 Å². The van der Waals surface area contributed by atoms with Crippen molar-refractivity contribution < 1.29 is 17.9 Å². The van der Waals surface area contributed by atoms with Gasteiger partial charge in [0, 0.05) is 6.04 Å². The van der Waals surface area contributed by atoms with Crippen LogP contribution in [0.15, 0.2) is 18.2 Å². The highest BCUT2D eigenvalue weighted by Crippen LogP contribution is 2.37. The number of nitrogens with two attached hydrogens (primary N) is 1. The van der Waals surface area contributed by atoms with Gasteiger partial charge < -0.3 is 10.5 Å². The van der Waals surface area contributed by atoms with Crippen LogP contribution < -0.4 is 10.5 Å². The molecule has 0 aromatic heterocycles. The summed E-state index contributed by atoms with van der Waals surface area (Å²) in [6, 6.07) is 4.01. The van der Waals surface area contributed by atoms with E-state index in [1.165, 1.54) is 6.07 Å². The molecule has 5 heteroatoms. The number of hydrogen-bond donors (Lipinski definition) is 1. The summed E-state index contributed by atoms with van der Waals surface area (Å²) in [5.74, 6) is 0.420. The largest absolute Gasteiger partial charge is 0.493 e. The maximum Gasteiger partial charge on any atom is 0.419 e. The Morgan fingerprint density at radius 2 is 1.86 bits per heavy atom. The standard InChI is InChI=1S/C16H24F3NO/c1-11(2)5-4-8-21-15-7-6-13(9-12(3)20)10-14(15)16(17,18)19/h6-7,10-12H,4-5,8-9,20H2,1-3H3. The van der Waals surface area contributed by atoms with E-state index in [-0.39, 0.29) is 11.8 Å². The molecule has 0 saturated carbocycles. The molecule has 0 spiro atoms. The van der Waals surface area contributed by atoms with Crippen molar-refractivity contribution in [2.24, 2.45) is 11.7 Å². The number of rotatable bonds is 7. The molecular formula is C16H24F3NO. The molecule has 0 aliphatic rings. The van der Waals surface area contributed by atoms with Gasteiger partial charge >= 0.3 is 6.18 Å². The SMILES string of the molecule is CC(C)CCCOc1ccc(CC(C)N)cc1C(F)(F)F. The fraction of sp³-hybridized carbons (Fsp3) is 0.625. The Morgan fingerprint density at radius 1 is 1.19 bits per heavy atom. The molecule has 2 nitrogen and oxygen atoms in total. The van der Waals surface area contributed by atoms with Crippen molar-refractivity contribution in [1.82, 2.24) is 0 Å². The van der Waals surface area contributed by atoms with Crippen molar-refractivity contribution in [2.45, 2.75) is 52.3 Å². The van der Waals surface area contributed by atoms with Crippen LogP contribution in [0.4, 0.5) is 13.2 Å². The molecular weight excluding hydrogens is 279 g/mol. The van der Waals surface area contributed by atoms with Gasteiger partial charge in [0.25, 0.3) is 0 Å². The van der Waals surface area contributed by atoms with E-state index in [0.29, 0.717) is 24.5 Å². The third-order valence-corrected chi connectivity index (χ3v) is 3.09. The number of ether oxygens (including phenoxy) is 1. The Kier molecular flexibility index (Phi) is 6.52. The molecule has 1 rings (SSSR count). The van der Waals surface area contributed by atoms with E-state index >= 15 is 0 Å². The highest BCUT2D eigenvalue weighted by molar-refractivity contribution is 5.39. The molecule has 0 aliphatic carbocycles. The average molecular weight is 303 g/mol. The molecule has 0 saturated heterocycles. The van der Waals surface area contributed by atoms with Crippen LogP contribution in [0.2, 0.25) is 0 Å². The molecule has 1 aromatic rings. The van der Waals surface area contributed by atoms with Crippen LogP contribution >= 0.6 is 0 Å². The zero-order chi connectivity index (χ0) is 16.0. The fourth-order valence-corrected chi connectivity index (χ4v) is 2.10. The lowest BCUT2D eigenvalue weighted by Gasteiger charge is -2.16. The van der Waals surface area contributed by atoms with Crippen molar-refractivity contribution in [3.8, 4) is 5.75 Å². The molecule has 0 heterocycles. The topological polar surface area (TPSA) is 35.2 Å². The first kappa shape index (κ1) is 17.8. The van der Waals surface area contributed by atoms with Crippen LogP contribution in [0, 0.1) is 5.92 Å². The maximum atomic E-state index is 13.1. The van der Waals surface area contributed by atoms with Crippen molar-refractivity contribution >= 4 is 0 Å². The van der Waals surface area contributed by atoms with Gasteiger partial charge in [0.2, 0.25) is 0 Å². The van der Waals surface area contributed by atoms with Gasteiger partial charge in [-0.15, -0.1) is 0 Å². The van der Waals surface area contributed by atoms with Crippen LogP contribution in [-0.2, 0) is 12.6 Å². The van der Waals surface area contributed by atoms with Crippen LogP contribution in [0.1, 0.15) is 44.7 Å². The smallest absolute Gasteiger partial charge is 0.419 e. The minimum atomic E-state index is -4.42. The van der Waals surface area contributed by atoms with Crippen LogP contribution in [0.25, 0.3) is 0 Å². The normalized spacial score (nSPS) is 13.5. The zero-order valence-electron chi connectivity index (χ0n) is 12.8. The number of halogens is 3. The summed E-state index contributed by atoms with van der Waals surface area (Å²) in [6.07, 6.45) is -2.32. The van der Waals surface area contributed by atoms with E-state index in [4.69, 9.17) is 10.5 Å².